The van der Waals surface area contributed by atoms with Gasteiger partial charge in [0.15, 0.2) is 28.8 Å². The molecule has 28 heavy (non-hydrogen) atoms. The Morgan fingerprint density at radius 1 is 0.893 bits per heavy atom. The first-order valence-electron chi connectivity index (χ1n) is 9.22. The van der Waals surface area contributed by atoms with Crippen molar-refractivity contribution in [3.63, 3.8) is 0 Å². The molecule has 0 spiro atoms. The van der Waals surface area contributed by atoms with E-state index in [0.29, 0.717) is 41.8 Å². The fourth-order valence-corrected chi connectivity index (χ4v) is 3.17. The van der Waals surface area contributed by atoms with Crippen LogP contribution in [0, 0.1) is 0 Å². The quantitative estimate of drug-likeness (QED) is 0.772. The highest BCUT2D eigenvalue weighted by Crippen LogP contribution is 2.34. The summed E-state index contributed by atoms with van der Waals surface area (Å²) in [6, 6.07) is 10.5. The topological polar surface area (TPSA) is 83.1 Å². The Kier molecular flexibility index (Phi) is 5.06. The van der Waals surface area contributed by atoms with Gasteiger partial charge in [-0.15, -0.1) is 0 Å². The minimum Gasteiger partial charge on any atom is -0.486 e. The molecule has 0 fully saturated rings. The first-order valence-corrected chi connectivity index (χ1v) is 9.22. The number of carbonyl (C=O) groups is 2. The zero-order chi connectivity index (χ0) is 19.5. The number of Topliss-reactive ketones (excluding diaryl/α,β-unsaturated/α-hetero) is 1. The molecule has 2 aliphatic rings. The summed E-state index contributed by atoms with van der Waals surface area (Å²) in [6.07, 6.45) is 0.238. The van der Waals surface area contributed by atoms with Crippen LogP contribution in [0.25, 0.3) is 0 Å². The van der Waals surface area contributed by atoms with Crippen molar-refractivity contribution < 1.29 is 28.5 Å². The number of ketones is 1. The zero-order valence-electron chi connectivity index (χ0n) is 15.5. The third-order valence-electron chi connectivity index (χ3n) is 4.72. The highest BCUT2D eigenvalue weighted by atomic mass is 16.7. The monoisotopic (exact) mass is 383 g/mol. The molecule has 2 aromatic rings. The summed E-state index contributed by atoms with van der Waals surface area (Å²) in [5.41, 5.74) is 1.43. The molecule has 0 aromatic heterocycles. The summed E-state index contributed by atoms with van der Waals surface area (Å²) >= 11 is 0. The van der Waals surface area contributed by atoms with Crippen molar-refractivity contribution >= 4 is 11.7 Å². The van der Waals surface area contributed by atoms with Gasteiger partial charge in [0.05, 0.1) is 6.04 Å². The van der Waals surface area contributed by atoms with Crippen LogP contribution in [0.2, 0.25) is 0 Å². The van der Waals surface area contributed by atoms with Crippen LogP contribution in [0.4, 0.5) is 0 Å². The van der Waals surface area contributed by atoms with Gasteiger partial charge in [0, 0.05) is 18.4 Å². The van der Waals surface area contributed by atoms with Gasteiger partial charge >= 0.3 is 0 Å². The van der Waals surface area contributed by atoms with Crippen LogP contribution in [0.1, 0.15) is 41.7 Å². The Hall–Kier alpha value is -3.22. The first kappa shape index (κ1) is 18.2. The number of benzene rings is 2. The van der Waals surface area contributed by atoms with Crippen molar-refractivity contribution in [2.24, 2.45) is 0 Å². The number of fused-ring (bicyclic) bond motifs is 2. The number of rotatable bonds is 6. The highest BCUT2D eigenvalue weighted by molar-refractivity contribution is 5.98. The average Bonchev–Trinajstić information content (AvgIpc) is 3.19. The Balaban J connectivity index is 1.31. The van der Waals surface area contributed by atoms with Crippen LogP contribution in [0.5, 0.6) is 23.0 Å². The minimum atomic E-state index is -0.202. The second-order valence-corrected chi connectivity index (χ2v) is 6.68. The third-order valence-corrected chi connectivity index (χ3v) is 4.72. The lowest BCUT2D eigenvalue weighted by molar-refractivity contribution is -0.121. The maximum atomic E-state index is 12.4. The molecule has 4 rings (SSSR count). The maximum absolute atomic E-state index is 12.4. The Morgan fingerprint density at radius 3 is 2.43 bits per heavy atom. The van der Waals surface area contributed by atoms with Crippen molar-refractivity contribution in [3.8, 4) is 23.0 Å². The standard InChI is InChI=1S/C21H21NO6/c1-13(14-2-5-18-20(10-14)28-12-27-18)22-21(24)7-4-16(23)15-3-6-17-19(11-15)26-9-8-25-17/h2-3,5-6,10-11,13H,4,7-9,12H2,1H3,(H,22,24)/t13-/m1/s1. The van der Waals surface area contributed by atoms with Gasteiger partial charge in [0.2, 0.25) is 12.7 Å². The Labute approximate surface area is 162 Å². The molecule has 1 amide bonds. The molecule has 0 saturated heterocycles. The van der Waals surface area contributed by atoms with Gasteiger partial charge in [-0.05, 0) is 42.8 Å². The molecular weight excluding hydrogens is 362 g/mol. The predicted octanol–water partition coefficient (Wildman–Crippen LogP) is 3.03. The van der Waals surface area contributed by atoms with Gasteiger partial charge in [-0.2, -0.15) is 0 Å². The smallest absolute Gasteiger partial charge is 0.231 e. The largest absolute Gasteiger partial charge is 0.486 e. The van der Waals surface area contributed by atoms with Gasteiger partial charge in [-0.3, -0.25) is 9.59 Å². The van der Waals surface area contributed by atoms with Crippen molar-refractivity contribution in [2.75, 3.05) is 20.0 Å². The molecule has 0 unspecified atom stereocenters. The lowest BCUT2D eigenvalue weighted by Crippen LogP contribution is -2.27. The Bertz CT molecular complexity index is 910. The van der Waals surface area contributed by atoms with E-state index in [1.807, 2.05) is 25.1 Å². The number of ether oxygens (including phenoxy) is 4. The molecule has 2 aromatic carbocycles. The molecule has 0 radical (unpaired) electrons. The minimum absolute atomic E-state index is 0.108. The first-order chi connectivity index (χ1) is 13.6. The van der Waals surface area contributed by atoms with Crippen LogP contribution in [-0.2, 0) is 4.79 Å². The summed E-state index contributed by atoms with van der Waals surface area (Å²) in [6.45, 7) is 3.06. The normalized spacial score (nSPS) is 15.0. The van der Waals surface area contributed by atoms with Gasteiger partial charge < -0.3 is 24.3 Å². The maximum Gasteiger partial charge on any atom is 0.231 e. The molecule has 0 aliphatic carbocycles. The van der Waals surface area contributed by atoms with Crippen molar-refractivity contribution in [1.82, 2.24) is 5.32 Å². The van der Waals surface area contributed by atoms with E-state index in [9.17, 15) is 9.59 Å². The van der Waals surface area contributed by atoms with Crippen molar-refractivity contribution in [3.05, 3.63) is 47.5 Å². The number of amides is 1. The summed E-state index contributed by atoms with van der Waals surface area (Å²) in [5.74, 6) is 2.29. The van der Waals surface area contributed by atoms with Crippen LogP contribution in [-0.4, -0.2) is 31.7 Å². The van der Waals surface area contributed by atoms with E-state index < -0.39 is 0 Å². The second kappa shape index (κ2) is 7.80. The fraction of sp³-hybridized carbons (Fsp3) is 0.333. The van der Waals surface area contributed by atoms with Crippen molar-refractivity contribution in [2.45, 2.75) is 25.8 Å². The summed E-state index contributed by atoms with van der Waals surface area (Å²) in [7, 11) is 0. The molecule has 0 bridgehead atoms. The molecule has 1 atom stereocenters. The molecule has 2 aliphatic heterocycles. The van der Waals surface area contributed by atoms with Crippen LogP contribution < -0.4 is 24.3 Å². The number of hydrogen-bond acceptors (Lipinski definition) is 6. The number of nitrogens with one attached hydrogen (secondary N) is 1. The number of hydrogen-bond donors (Lipinski definition) is 1. The summed E-state index contributed by atoms with van der Waals surface area (Å²) < 4.78 is 21.6. The summed E-state index contributed by atoms with van der Waals surface area (Å²) in [4.78, 5) is 24.7. The van der Waals surface area contributed by atoms with Crippen LogP contribution in [0.3, 0.4) is 0 Å². The van der Waals surface area contributed by atoms with Crippen LogP contribution >= 0.6 is 0 Å². The van der Waals surface area contributed by atoms with Gasteiger partial charge in [-0.25, -0.2) is 0 Å². The average molecular weight is 383 g/mol. The van der Waals surface area contributed by atoms with E-state index in [2.05, 4.69) is 5.32 Å². The highest BCUT2D eigenvalue weighted by Gasteiger charge is 2.18. The van der Waals surface area contributed by atoms with E-state index in [1.54, 1.807) is 18.2 Å². The molecule has 7 nitrogen and oxygen atoms in total. The van der Waals surface area contributed by atoms with Crippen molar-refractivity contribution in [1.29, 1.82) is 0 Å². The van der Waals surface area contributed by atoms with E-state index in [4.69, 9.17) is 18.9 Å². The Morgan fingerprint density at radius 2 is 1.57 bits per heavy atom. The molecule has 2 heterocycles. The molecule has 146 valence electrons. The van der Waals surface area contributed by atoms with Gasteiger partial charge in [0.25, 0.3) is 0 Å². The van der Waals surface area contributed by atoms with E-state index in [1.165, 1.54) is 0 Å². The molecule has 0 saturated carbocycles. The lowest BCUT2D eigenvalue weighted by atomic mass is 10.0. The second-order valence-electron chi connectivity index (χ2n) is 6.68. The third kappa shape index (κ3) is 3.88. The van der Waals surface area contributed by atoms with E-state index in [-0.39, 0.29) is 37.4 Å². The predicted molar refractivity (Wildman–Crippen MR) is 100 cm³/mol. The summed E-state index contributed by atoms with van der Waals surface area (Å²) in [5, 5.41) is 2.91. The molecule has 7 heteroatoms. The lowest BCUT2D eigenvalue weighted by Gasteiger charge is -2.18. The van der Waals surface area contributed by atoms with Gasteiger partial charge in [0.1, 0.15) is 13.2 Å². The number of carbonyl (C=O) groups excluding carboxylic acids is 2. The van der Waals surface area contributed by atoms with E-state index >= 15 is 0 Å². The van der Waals surface area contributed by atoms with Gasteiger partial charge in [-0.1, -0.05) is 6.07 Å². The van der Waals surface area contributed by atoms with Crippen LogP contribution in [0.15, 0.2) is 36.4 Å². The molecule has 1 N–H and O–H groups in total. The SMILES string of the molecule is C[C@@H](NC(=O)CCC(=O)c1ccc2c(c1)OCCO2)c1ccc2c(c1)OCO2. The van der Waals surface area contributed by atoms with E-state index in [0.717, 1.165) is 5.56 Å². The fourth-order valence-electron chi connectivity index (χ4n) is 3.17. The molecular formula is C21H21NO6. The zero-order valence-corrected chi connectivity index (χ0v) is 15.5.